The molecule has 0 aromatic heterocycles. The summed E-state index contributed by atoms with van der Waals surface area (Å²) < 4.78 is 10.7. The molecule has 1 aromatic carbocycles. The minimum Gasteiger partial charge on any atom is -0.493 e. The molecule has 1 aromatic rings. The van der Waals surface area contributed by atoms with Gasteiger partial charge in [-0.15, -0.1) is 0 Å². The van der Waals surface area contributed by atoms with Crippen LogP contribution in [0.4, 0.5) is 0 Å². The van der Waals surface area contributed by atoms with Crippen molar-refractivity contribution in [1.29, 1.82) is 0 Å². The van der Waals surface area contributed by atoms with Crippen molar-refractivity contribution in [3.8, 4) is 11.5 Å². The third kappa shape index (κ3) is 4.68. The number of carbonyl (C=O) groups is 1. The molecule has 26 heavy (non-hydrogen) atoms. The molecule has 3 saturated heterocycles. The lowest BCUT2D eigenvalue weighted by Crippen LogP contribution is -2.44. The first-order valence-corrected chi connectivity index (χ1v) is 9.57. The van der Waals surface area contributed by atoms with Crippen molar-refractivity contribution in [2.45, 2.75) is 38.8 Å². The van der Waals surface area contributed by atoms with Crippen LogP contribution < -0.4 is 9.47 Å². The zero-order chi connectivity index (χ0) is 18.5. The minimum atomic E-state index is -0.988. The second-order valence-corrected chi connectivity index (χ2v) is 7.45. The zero-order valence-electron chi connectivity index (χ0n) is 15.8. The summed E-state index contributed by atoms with van der Waals surface area (Å²) >= 11 is 0. The van der Waals surface area contributed by atoms with E-state index in [9.17, 15) is 4.79 Å². The normalized spacial score (nSPS) is 23.6. The Kier molecular flexibility index (Phi) is 6.38. The van der Waals surface area contributed by atoms with Crippen LogP contribution in [0.3, 0.4) is 0 Å². The fourth-order valence-electron chi connectivity index (χ4n) is 4.30. The molecule has 2 bridgehead atoms. The number of rotatable bonds is 8. The maximum Gasteiger partial charge on any atom is 0.341 e. The molecule has 6 nitrogen and oxygen atoms in total. The van der Waals surface area contributed by atoms with Crippen LogP contribution in [0.1, 0.15) is 31.7 Å². The van der Waals surface area contributed by atoms with Gasteiger partial charge in [0, 0.05) is 32.2 Å². The Balaban J connectivity index is 1.68. The van der Waals surface area contributed by atoms with Gasteiger partial charge in [-0.2, -0.15) is 0 Å². The minimum absolute atomic E-state index is 0.361. The molecule has 0 saturated carbocycles. The molecule has 0 amide bonds. The Labute approximate surface area is 155 Å². The van der Waals surface area contributed by atoms with E-state index in [2.05, 4.69) is 16.7 Å². The molecule has 1 N–H and O–H groups in total. The second-order valence-electron chi connectivity index (χ2n) is 7.45. The van der Waals surface area contributed by atoms with Crippen LogP contribution in [0.15, 0.2) is 18.2 Å². The fourth-order valence-corrected chi connectivity index (χ4v) is 4.30. The molecule has 0 unspecified atom stereocenters. The summed E-state index contributed by atoms with van der Waals surface area (Å²) in [6.45, 7) is 7.42. The standard InChI is InChI=1S/C20H30N2O4/c1-3-8-22-12-16-4-6-17(22)13-21(11-16)10-15-5-7-18(25-2)19(9-15)26-14-20(23)24/h5,7,9,16-17H,3-4,6,8,10-14H2,1-2H3,(H,23,24)/t16-,17+/m0/s1. The predicted octanol–water partition coefficient (Wildman–Crippen LogP) is 2.46. The van der Waals surface area contributed by atoms with E-state index in [4.69, 9.17) is 14.6 Å². The van der Waals surface area contributed by atoms with E-state index in [0.717, 1.165) is 31.1 Å². The summed E-state index contributed by atoms with van der Waals surface area (Å²) in [5.41, 5.74) is 1.13. The Bertz CT molecular complexity index is 622. The van der Waals surface area contributed by atoms with Crippen LogP contribution in [0, 0.1) is 5.92 Å². The number of methoxy groups -OCH3 is 1. The highest BCUT2D eigenvalue weighted by atomic mass is 16.5. The lowest BCUT2D eigenvalue weighted by atomic mass is 9.95. The molecule has 2 atom stereocenters. The number of benzene rings is 1. The number of aliphatic carboxylic acids is 1. The molecular formula is C20H30N2O4. The van der Waals surface area contributed by atoms with E-state index >= 15 is 0 Å². The van der Waals surface area contributed by atoms with Gasteiger partial charge in [0.15, 0.2) is 18.1 Å². The van der Waals surface area contributed by atoms with Crippen LogP contribution in [-0.4, -0.2) is 66.8 Å². The van der Waals surface area contributed by atoms with Crippen molar-refractivity contribution in [1.82, 2.24) is 9.80 Å². The highest BCUT2D eigenvalue weighted by Gasteiger charge is 2.34. The summed E-state index contributed by atoms with van der Waals surface area (Å²) in [4.78, 5) is 16.0. The van der Waals surface area contributed by atoms with Crippen LogP contribution in [0.2, 0.25) is 0 Å². The summed E-state index contributed by atoms with van der Waals surface area (Å²) in [6.07, 6.45) is 3.85. The third-order valence-electron chi connectivity index (χ3n) is 5.40. The van der Waals surface area contributed by atoms with Gasteiger partial charge in [-0.1, -0.05) is 13.0 Å². The molecule has 3 heterocycles. The molecule has 144 valence electrons. The van der Waals surface area contributed by atoms with Gasteiger partial charge in [0.1, 0.15) is 0 Å². The van der Waals surface area contributed by atoms with Crippen LogP contribution in [-0.2, 0) is 11.3 Å². The number of carboxylic acids is 1. The first kappa shape index (κ1) is 19.0. The summed E-state index contributed by atoms with van der Waals surface area (Å²) in [7, 11) is 1.57. The average Bonchev–Trinajstić information content (AvgIpc) is 2.91. The molecule has 0 spiro atoms. The highest BCUT2D eigenvalue weighted by molar-refractivity contribution is 5.68. The first-order valence-electron chi connectivity index (χ1n) is 9.57. The fraction of sp³-hybridized carbons (Fsp3) is 0.650. The van der Waals surface area contributed by atoms with Gasteiger partial charge >= 0.3 is 5.97 Å². The van der Waals surface area contributed by atoms with E-state index in [1.54, 1.807) is 7.11 Å². The Morgan fingerprint density at radius 1 is 1.23 bits per heavy atom. The maximum absolute atomic E-state index is 10.8. The number of ether oxygens (including phenoxy) is 2. The van der Waals surface area contributed by atoms with Gasteiger partial charge in [-0.05, 0) is 49.4 Å². The zero-order valence-corrected chi connectivity index (χ0v) is 15.8. The quantitative estimate of drug-likeness (QED) is 0.767. The molecule has 0 radical (unpaired) electrons. The van der Waals surface area contributed by atoms with Crippen LogP contribution >= 0.6 is 0 Å². The number of hydrogen-bond acceptors (Lipinski definition) is 5. The lowest BCUT2D eigenvalue weighted by molar-refractivity contribution is -0.139. The largest absolute Gasteiger partial charge is 0.493 e. The van der Waals surface area contributed by atoms with Crippen molar-refractivity contribution in [3.63, 3.8) is 0 Å². The Hall–Kier alpha value is -1.79. The third-order valence-corrected chi connectivity index (χ3v) is 5.40. The number of fused-ring (bicyclic) bond motifs is 4. The van der Waals surface area contributed by atoms with E-state index in [-0.39, 0.29) is 6.61 Å². The van der Waals surface area contributed by atoms with E-state index in [0.29, 0.717) is 17.5 Å². The summed E-state index contributed by atoms with van der Waals surface area (Å²) in [5.74, 6) is 0.830. The predicted molar refractivity (Wildman–Crippen MR) is 99.8 cm³/mol. The molecule has 6 heteroatoms. The number of piperidine rings is 1. The summed E-state index contributed by atoms with van der Waals surface area (Å²) in [5, 5.41) is 8.86. The van der Waals surface area contributed by atoms with E-state index < -0.39 is 5.97 Å². The number of hydrogen-bond donors (Lipinski definition) is 1. The van der Waals surface area contributed by atoms with Gasteiger partial charge in [0.2, 0.25) is 0 Å². The lowest BCUT2D eigenvalue weighted by Gasteiger charge is -2.35. The second kappa shape index (κ2) is 8.73. The van der Waals surface area contributed by atoms with Gasteiger partial charge in [-0.25, -0.2) is 4.79 Å². The summed E-state index contributed by atoms with van der Waals surface area (Å²) in [6, 6.07) is 6.48. The number of nitrogens with zero attached hydrogens (tertiary/aromatic N) is 2. The molecule has 3 fully saturated rings. The molecule has 3 aliphatic heterocycles. The maximum atomic E-state index is 10.8. The van der Waals surface area contributed by atoms with Crippen molar-refractivity contribution in [2.24, 2.45) is 5.92 Å². The Morgan fingerprint density at radius 3 is 2.81 bits per heavy atom. The van der Waals surface area contributed by atoms with Crippen molar-refractivity contribution in [3.05, 3.63) is 23.8 Å². The number of carboxylic acid groups (broad SMARTS) is 1. The molecule has 0 aliphatic carbocycles. The van der Waals surface area contributed by atoms with Crippen LogP contribution in [0.5, 0.6) is 11.5 Å². The average molecular weight is 362 g/mol. The molecular weight excluding hydrogens is 332 g/mol. The van der Waals surface area contributed by atoms with Crippen molar-refractivity contribution in [2.75, 3.05) is 39.9 Å². The van der Waals surface area contributed by atoms with E-state index in [1.807, 2.05) is 18.2 Å². The molecule has 3 aliphatic rings. The SMILES string of the molecule is CCCN1C[C@H]2CC[C@@H]1CN(Cc1ccc(OC)c(OCC(=O)O)c1)C2. The van der Waals surface area contributed by atoms with Crippen LogP contribution in [0.25, 0.3) is 0 Å². The Morgan fingerprint density at radius 2 is 2.08 bits per heavy atom. The topological polar surface area (TPSA) is 62.2 Å². The molecule has 4 rings (SSSR count). The van der Waals surface area contributed by atoms with Crippen molar-refractivity contribution >= 4 is 5.97 Å². The van der Waals surface area contributed by atoms with E-state index in [1.165, 1.54) is 32.4 Å². The smallest absolute Gasteiger partial charge is 0.341 e. The van der Waals surface area contributed by atoms with Gasteiger partial charge in [0.25, 0.3) is 0 Å². The van der Waals surface area contributed by atoms with Crippen molar-refractivity contribution < 1.29 is 19.4 Å². The first-order chi connectivity index (χ1) is 12.6. The van der Waals surface area contributed by atoms with Gasteiger partial charge in [0.05, 0.1) is 7.11 Å². The monoisotopic (exact) mass is 362 g/mol. The highest BCUT2D eigenvalue weighted by Crippen LogP contribution is 2.31. The van der Waals surface area contributed by atoms with Gasteiger partial charge < -0.3 is 14.6 Å². The van der Waals surface area contributed by atoms with Gasteiger partial charge in [-0.3, -0.25) is 9.80 Å².